The molecule has 32 heavy (non-hydrogen) atoms. The summed E-state index contributed by atoms with van der Waals surface area (Å²) in [5, 5.41) is 0. The fourth-order valence-electron chi connectivity index (χ4n) is 3.44. The molecule has 1 unspecified atom stereocenters. The van der Waals surface area contributed by atoms with Crippen LogP contribution in [0.2, 0.25) is 0 Å². The molecule has 174 valence electrons. The topological polar surface area (TPSA) is 69.7 Å². The van der Waals surface area contributed by atoms with Crippen LogP contribution in [0.15, 0.2) is 70.9 Å². The molecule has 0 saturated carbocycles. The molecule has 1 rings (SSSR count). The van der Waals surface area contributed by atoms with Gasteiger partial charge in [-0.2, -0.15) is 0 Å². The van der Waals surface area contributed by atoms with Crippen LogP contribution in [0.25, 0.3) is 0 Å². The summed E-state index contributed by atoms with van der Waals surface area (Å²) in [6.45, 7) is 11.9. The molecular weight excluding hydrogens is 404 g/mol. The van der Waals surface area contributed by atoms with Gasteiger partial charge in [0, 0.05) is 6.42 Å². The third-order valence-corrected chi connectivity index (χ3v) is 5.31. The second kappa shape index (κ2) is 12.8. The van der Waals surface area contributed by atoms with Crippen LogP contribution in [0.5, 0.6) is 0 Å². The van der Waals surface area contributed by atoms with Gasteiger partial charge in [0.25, 0.3) is 0 Å². The number of hydrogen-bond acceptors (Lipinski definition) is 5. The molecule has 0 radical (unpaired) electrons. The van der Waals surface area contributed by atoms with E-state index < -0.39 is 18.0 Å². The molecule has 0 bridgehead atoms. The van der Waals surface area contributed by atoms with Crippen LogP contribution in [0.3, 0.4) is 0 Å². The quantitative estimate of drug-likeness (QED) is 0.337. The molecule has 0 fully saturated rings. The SMILES string of the molecule is C/C=C/C=C(C)C=CC=C(C)/C=C/C1=C(C)C(=O)C(OC(=O)CCC(=O)OC)CC1(C)C. The van der Waals surface area contributed by atoms with Crippen LogP contribution in [-0.2, 0) is 23.9 Å². The largest absolute Gasteiger partial charge is 0.469 e. The van der Waals surface area contributed by atoms with Gasteiger partial charge in [0.15, 0.2) is 11.9 Å². The van der Waals surface area contributed by atoms with Crippen molar-refractivity contribution in [3.05, 3.63) is 70.9 Å². The van der Waals surface area contributed by atoms with Crippen LogP contribution in [0, 0.1) is 5.41 Å². The second-order valence-corrected chi connectivity index (χ2v) is 8.59. The number of hydrogen-bond donors (Lipinski definition) is 0. The van der Waals surface area contributed by atoms with Crippen LogP contribution < -0.4 is 0 Å². The van der Waals surface area contributed by atoms with E-state index in [0.29, 0.717) is 12.0 Å². The molecule has 0 spiro atoms. The van der Waals surface area contributed by atoms with Crippen molar-refractivity contribution in [2.75, 3.05) is 7.11 Å². The van der Waals surface area contributed by atoms with E-state index in [1.807, 2.05) is 83.2 Å². The maximum Gasteiger partial charge on any atom is 0.307 e. The van der Waals surface area contributed by atoms with E-state index >= 15 is 0 Å². The summed E-state index contributed by atoms with van der Waals surface area (Å²) < 4.78 is 9.93. The number of esters is 2. The highest BCUT2D eigenvalue weighted by Crippen LogP contribution is 2.40. The number of carbonyl (C=O) groups is 3. The third-order valence-electron chi connectivity index (χ3n) is 5.31. The van der Waals surface area contributed by atoms with Gasteiger partial charge in [-0.3, -0.25) is 14.4 Å². The van der Waals surface area contributed by atoms with Crippen molar-refractivity contribution in [2.24, 2.45) is 5.41 Å². The predicted molar refractivity (Wildman–Crippen MR) is 128 cm³/mol. The van der Waals surface area contributed by atoms with Gasteiger partial charge < -0.3 is 9.47 Å². The highest BCUT2D eigenvalue weighted by molar-refractivity contribution is 6.01. The summed E-state index contributed by atoms with van der Waals surface area (Å²) in [6.07, 6.45) is 15.4. The van der Waals surface area contributed by atoms with Gasteiger partial charge in [0.05, 0.1) is 20.0 Å². The zero-order chi connectivity index (χ0) is 24.3. The molecule has 0 amide bonds. The highest BCUT2D eigenvalue weighted by atomic mass is 16.5. The third kappa shape index (κ3) is 8.66. The monoisotopic (exact) mass is 440 g/mol. The van der Waals surface area contributed by atoms with Gasteiger partial charge in [-0.25, -0.2) is 0 Å². The van der Waals surface area contributed by atoms with E-state index in [2.05, 4.69) is 4.74 Å². The van der Waals surface area contributed by atoms with Gasteiger partial charge in [0.1, 0.15) is 0 Å². The summed E-state index contributed by atoms with van der Waals surface area (Å²) in [4.78, 5) is 36.1. The minimum Gasteiger partial charge on any atom is -0.469 e. The lowest BCUT2D eigenvalue weighted by molar-refractivity contribution is -0.157. The van der Waals surface area contributed by atoms with E-state index in [-0.39, 0.29) is 24.0 Å². The van der Waals surface area contributed by atoms with Crippen molar-refractivity contribution in [3.8, 4) is 0 Å². The Labute approximate surface area is 192 Å². The number of methoxy groups -OCH3 is 1. The van der Waals surface area contributed by atoms with Gasteiger partial charge in [-0.15, -0.1) is 0 Å². The lowest BCUT2D eigenvalue weighted by atomic mass is 9.71. The normalized spacial score (nSPS) is 20.0. The van der Waals surface area contributed by atoms with E-state index in [4.69, 9.17) is 4.74 Å². The van der Waals surface area contributed by atoms with Crippen molar-refractivity contribution in [1.82, 2.24) is 0 Å². The van der Waals surface area contributed by atoms with Crippen molar-refractivity contribution in [2.45, 2.75) is 66.9 Å². The molecule has 0 aliphatic heterocycles. The number of allylic oxidation sites excluding steroid dienone is 11. The lowest BCUT2D eigenvalue weighted by Gasteiger charge is -2.36. The molecule has 0 saturated heterocycles. The van der Waals surface area contributed by atoms with E-state index in [0.717, 1.165) is 16.7 Å². The number of ketones is 1. The van der Waals surface area contributed by atoms with Crippen molar-refractivity contribution in [1.29, 1.82) is 0 Å². The first-order valence-corrected chi connectivity index (χ1v) is 10.9. The highest BCUT2D eigenvalue weighted by Gasteiger charge is 2.39. The van der Waals surface area contributed by atoms with Crippen LogP contribution in [0.4, 0.5) is 0 Å². The number of Topliss-reactive ketones (excluding diaryl/α,β-unsaturated/α-hetero) is 1. The second-order valence-electron chi connectivity index (χ2n) is 8.59. The Morgan fingerprint density at radius 3 is 2.25 bits per heavy atom. The first-order chi connectivity index (χ1) is 15.0. The number of ether oxygens (including phenoxy) is 2. The van der Waals surface area contributed by atoms with E-state index in [9.17, 15) is 14.4 Å². The summed E-state index contributed by atoms with van der Waals surface area (Å²) in [5.41, 5.74) is 3.40. The zero-order valence-corrected chi connectivity index (χ0v) is 20.4. The van der Waals surface area contributed by atoms with E-state index in [1.165, 1.54) is 7.11 Å². The molecule has 1 atom stereocenters. The van der Waals surface area contributed by atoms with Gasteiger partial charge >= 0.3 is 11.9 Å². The Kier molecular flexibility index (Phi) is 10.8. The average molecular weight is 441 g/mol. The summed E-state index contributed by atoms with van der Waals surface area (Å²) in [6, 6.07) is 0. The molecule has 0 aromatic rings. The molecule has 1 aliphatic carbocycles. The maximum absolute atomic E-state index is 12.8. The first-order valence-electron chi connectivity index (χ1n) is 10.9. The average Bonchev–Trinajstić information content (AvgIpc) is 2.73. The van der Waals surface area contributed by atoms with Crippen molar-refractivity contribution in [3.63, 3.8) is 0 Å². The maximum atomic E-state index is 12.8. The Balaban J connectivity index is 2.92. The van der Waals surface area contributed by atoms with Crippen LogP contribution >= 0.6 is 0 Å². The van der Waals surface area contributed by atoms with E-state index in [1.54, 1.807) is 6.92 Å². The Morgan fingerprint density at radius 1 is 1.03 bits per heavy atom. The summed E-state index contributed by atoms with van der Waals surface area (Å²) in [7, 11) is 1.26. The molecular formula is C27H36O5. The number of rotatable bonds is 9. The molecule has 0 N–H and O–H groups in total. The van der Waals surface area contributed by atoms with Crippen LogP contribution in [-0.4, -0.2) is 30.9 Å². The molecule has 0 aromatic heterocycles. The zero-order valence-electron chi connectivity index (χ0n) is 20.4. The Morgan fingerprint density at radius 2 is 1.62 bits per heavy atom. The standard InChI is InChI=1S/C27H36O5/c1-8-9-11-19(2)12-10-13-20(3)14-15-22-21(4)26(30)23(18-27(22,5)6)32-25(29)17-16-24(28)31-7/h8-15,23H,16-18H2,1-7H3/b9-8+,12-10?,15-14+,19-11?,20-13?. The predicted octanol–water partition coefficient (Wildman–Crippen LogP) is 5.75. The van der Waals surface area contributed by atoms with Gasteiger partial charge in [-0.05, 0) is 44.3 Å². The molecule has 1 aliphatic rings. The molecule has 5 nitrogen and oxygen atoms in total. The smallest absolute Gasteiger partial charge is 0.307 e. The minimum absolute atomic E-state index is 0.0624. The van der Waals surface area contributed by atoms with Gasteiger partial charge in [-0.1, -0.05) is 73.6 Å². The van der Waals surface area contributed by atoms with Gasteiger partial charge in [0.2, 0.25) is 0 Å². The fourth-order valence-corrected chi connectivity index (χ4v) is 3.44. The number of carbonyl (C=O) groups excluding carboxylic acids is 3. The lowest BCUT2D eigenvalue weighted by Crippen LogP contribution is -2.39. The summed E-state index contributed by atoms with van der Waals surface area (Å²) in [5.74, 6) is -1.25. The summed E-state index contributed by atoms with van der Waals surface area (Å²) >= 11 is 0. The Bertz CT molecular complexity index is 891. The minimum atomic E-state index is -0.834. The Hall–Kier alpha value is -2.95. The first kappa shape index (κ1) is 27.1. The van der Waals surface area contributed by atoms with Crippen molar-refractivity contribution >= 4 is 17.7 Å². The molecule has 0 heterocycles. The fraction of sp³-hybridized carbons (Fsp3) is 0.444. The van der Waals surface area contributed by atoms with Crippen LogP contribution in [0.1, 0.15) is 60.8 Å². The molecule has 0 aromatic carbocycles. The molecule has 5 heteroatoms. The van der Waals surface area contributed by atoms with Crippen molar-refractivity contribution < 1.29 is 23.9 Å².